The number of carbonyl (C=O) groups is 2. The van der Waals surface area contributed by atoms with E-state index in [0.717, 1.165) is 8.78 Å². The minimum atomic E-state index is -4.10. The molecule has 2 amide bonds. The number of carbonyl (C=O) groups excluding carboxylic acids is 2. The number of amides is 2. The van der Waals surface area contributed by atoms with Crippen LogP contribution in [0.1, 0.15) is 26.3 Å². The van der Waals surface area contributed by atoms with E-state index in [4.69, 9.17) is 11.6 Å². The van der Waals surface area contributed by atoms with E-state index >= 15 is 0 Å². The van der Waals surface area contributed by atoms with E-state index < -0.39 is 28.5 Å². The zero-order valence-electron chi connectivity index (χ0n) is 21.5. The van der Waals surface area contributed by atoms with E-state index in [2.05, 4.69) is 21.2 Å². The SMILES string of the molecule is CC(C)CNC(=O)[C@@H](C)N(Cc1ccccc1Cl)C(=O)CN(c1ccc(Br)cc1)S(=O)(=O)c1ccccc1. The topological polar surface area (TPSA) is 86.8 Å². The Labute approximate surface area is 238 Å². The number of anilines is 1. The fourth-order valence-electron chi connectivity index (χ4n) is 3.70. The van der Waals surface area contributed by atoms with Gasteiger partial charge in [0.05, 0.1) is 10.6 Å². The van der Waals surface area contributed by atoms with Crippen molar-refractivity contribution in [2.45, 2.75) is 38.3 Å². The van der Waals surface area contributed by atoms with Gasteiger partial charge in [0.1, 0.15) is 12.6 Å². The summed E-state index contributed by atoms with van der Waals surface area (Å²) in [6, 6.07) is 20.8. The molecule has 1 N–H and O–H groups in total. The highest BCUT2D eigenvalue weighted by Crippen LogP contribution is 2.26. The highest BCUT2D eigenvalue weighted by Gasteiger charge is 2.32. The first kappa shape index (κ1) is 29.7. The number of sulfonamides is 1. The van der Waals surface area contributed by atoms with Crippen LogP contribution in [0.2, 0.25) is 5.02 Å². The van der Waals surface area contributed by atoms with Gasteiger partial charge in [0.2, 0.25) is 11.8 Å². The molecule has 0 aliphatic heterocycles. The van der Waals surface area contributed by atoms with Crippen molar-refractivity contribution in [1.29, 1.82) is 0 Å². The maximum Gasteiger partial charge on any atom is 0.264 e. The highest BCUT2D eigenvalue weighted by molar-refractivity contribution is 9.10. The maximum atomic E-state index is 13.9. The van der Waals surface area contributed by atoms with Crippen molar-refractivity contribution in [3.05, 3.63) is 93.9 Å². The lowest BCUT2D eigenvalue weighted by molar-refractivity contribution is -0.139. The van der Waals surface area contributed by atoms with Gasteiger partial charge in [0.15, 0.2) is 0 Å². The molecule has 0 aliphatic rings. The minimum absolute atomic E-state index is 0.0360. The van der Waals surface area contributed by atoms with Crippen molar-refractivity contribution in [3.63, 3.8) is 0 Å². The number of hydrogen-bond donors (Lipinski definition) is 1. The molecule has 202 valence electrons. The number of hydrogen-bond acceptors (Lipinski definition) is 4. The Morgan fingerprint density at radius 1 is 0.921 bits per heavy atom. The van der Waals surface area contributed by atoms with Gasteiger partial charge in [-0.1, -0.05) is 77.8 Å². The minimum Gasteiger partial charge on any atom is -0.354 e. The fourth-order valence-corrected chi connectivity index (χ4v) is 5.60. The van der Waals surface area contributed by atoms with Gasteiger partial charge >= 0.3 is 0 Å². The molecule has 0 aliphatic carbocycles. The lowest BCUT2D eigenvalue weighted by Gasteiger charge is -2.32. The van der Waals surface area contributed by atoms with Crippen LogP contribution >= 0.6 is 27.5 Å². The van der Waals surface area contributed by atoms with Crippen LogP contribution in [0.25, 0.3) is 0 Å². The summed E-state index contributed by atoms with van der Waals surface area (Å²) in [5.41, 5.74) is 0.965. The third kappa shape index (κ3) is 7.58. The van der Waals surface area contributed by atoms with Gasteiger partial charge in [-0.2, -0.15) is 0 Å². The number of halogens is 2. The second-order valence-electron chi connectivity index (χ2n) is 9.23. The van der Waals surface area contributed by atoms with E-state index in [9.17, 15) is 18.0 Å². The smallest absolute Gasteiger partial charge is 0.264 e. The number of nitrogens with zero attached hydrogens (tertiary/aromatic N) is 2. The highest BCUT2D eigenvalue weighted by atomic mass is 79.9. The van der Waals surface area contributed by atoms with Crippen molar-refractivity contribution in [1.82, 2.24) is 10.2 Å². The summed E-state index contributed by atoms with van der Waals surface area (Å²) in [5.74, 6) is -0.650. The first-order valence-corrected chi connectivity index (χ1v) is 14.8. The summed E-state index contributed by atoms with van der Waals surface area (Å²) in [7, 11) is -4.10. The lowest BCUT2D eigenvalue weighted by atomic mass is 10.1. The summed E-state index contributed by atoms with van der Waals surface area (Å²) in [6.45, 7) is 5.55. The van der Waals surface area contributed by atoms with Gasteiger partial charge < -0.3 is 10.2 Å². The van der Waals surface area contributed by atoms with Crippen LogP contribution in [-0.4, -0.2) is 44.3 Å². The molecule has 10 heteroatoms. The summed E-state index contributed by atoms with van der Waals surface area (Å²) < 4.78 is 29.3. The second-order valence-corrected chi connectivity index (χ2v) is 12.4. The molecule has 7 nitrogen and oxygen atoms in total. The molecule has 38 heavy (non-hydrogen) atoms. The van der Waals surface area contributed by atoms with E-state index in [0.29, 0.717) is 22.8 Å². The van der Waals surface area contributed by atoms with E-state index in [1.54, 1.807) is 73.7 Å². The molecule has 3 aromatic carbocycles. The first-order valence-electron chi connectivity index (χ1n) is 12.1. The molecule has 3 aromatic rings. The average Bonchev–Trinajstić information content (AvgIpc) is 2.90. The quantitative estimate of drug-likeness (QED) is 0.307. The summed E-state index contributed by atoms with van der Waals surface area (Å²) in [5, 5.41) is 3.31. The predicted octanol–water partition coefficient (Wildman–Crippen LogP) is 5.49. The van der Waals surface area contributed by atoms with Gasteiger partial charge in [-0.05, 0) is 60.9 Å². The maximum absolute atomic E-state index is 13.9. The van der Waals surface area contributed by atoms with Crippen LogP contribution < -0.4 is 9.62 Å². The van der Waals surface area contributed by atoms with Crippen LogP contribution in [0.4, 0.5) is 5.69 Å². The Bertz CT molecular complexity index is 1350. The molecular formula is C28H31BrClN3O4S. The second kappa shape index (κ2) is 13.3. The van der Waals surface area contributed by atoms with Crippen LogP contribution in [-0.2, 0) is 26.2 Å². The Balaban J connectivity index is 2.00. The summed E-state index contributed by atoms with van der Waals surface area (Å²) in [6.07, 6.45) is 0. The molecular weight excluding hydrogens is 590 g/mol. The fraction of sp³-hybridized carbons (Fsp3) is 0.286. The average molecular weight is 621 g/mol. The van der Waals surface area contributed by atoms with E-state index in [-0.39, 0.29) is 23.3 Å². The van der Waals surface area contributed by atoms with Crippen molar-refractivity contribution in [2.24, 2.45) is 5.92 Å². The summed E-state index contributed by atoms with van der Waals surface area (Å²) in [4.78, 5) is 28.3. The van der Waals surface area contributed by atoms with Gasteiger partial charge in [0, 0.05) is 22.6 Å². The van der Waals surface area contributed by atoms with Gasteiger partial charge in [-0.3, -0.25) is 13.9 Å². The Hall–Kier alpha value is -2.88. The molecule has 1 atom stereocenters. The standard InChI is InChI=1S/C28H31BrClN3O4S/c1-20(2)17-31-28(35)21(3)32(18-22-9-7-8-12-26(22)30)27(34)19-33(24-15-13-23(29)14-16-24)38(36,37)25-10-5-4-6-11-25/h4-16,20-21H,17-19H2,1-3H3,(H,31,35)/t21-/m1/s1. The molecule has 0 heterocycles. The largest absolute Gasteiger partial charge is 0.354 e. The molecule has 0 bridgehead atoms. The molecule has 0 aromatic heterocycles. The van der Waals surface area contributed by atoms with Crippen molar-refractivity contribution in [3.8, 4) is 0 Å². The van der Waals surface area contributed by atoms with E-state index in [1.165, 1.54) is 17.0 Å². The molecule has 0 fully saturated rings. The van der Waals surface area contributed by atoms with Gasteiger partial charge in [-0.15, -0.1) is 0 Å². The van der Waals surface area contributed by atoms with Gasteiger partial charge in [-0.25, -0.2) is 8.42 Å². The first-order chi connectivity index (χ1) is 18.0. The molecule has 0 saturated heterocycles. The third-order valence-electron chi connectivity index (χ3n) is 5.88. The zero-order chi connectivity index (χ0) is 27.9. The molecule has 0 spiro atoms. The Morgan fingerprint density at radius 2 is 1.53 bits per heavy atom. The predicted molar refractivity (Wildman–Crippen MR) is 154 cm³/mol. The van der Waals surface area contributed by atoms with E-state index in [1.807, 2.05) is 13.8 Å². The lowest BCUT2D eigenvalue weighted by Crippen LogP contribution is -2.51. The summed E-state index contributed by atoms with van der Waals surface area (Å²) >= 11 is 9.75. The van der Waals surface area contributed by atoms with Crippen LogP contribution in [0.15, 0.2) is 88.2 Å². The number of nitrogens with one attached hydrogen (secondary N) is 1. The van der Waals surface area contributed by atoms with Crippen LogP contribution in [0.5, 0.6) is 0 Å². The van der Waals surface area contributed by atoms with Crippen molar-refractivity contribution in [2.75, 3.05) is 17.4 Å². The number of rotatable bonds is 11. The Morgan fingerprint density at radius 3 is 2.13 bits per heavy atom. The van der Waals surface area contributed by atoms with Crippen LogP contribution in [0, 0.1) is 5.92 Å². The zero-order valence-corrected chi connectivity index (χ0v) is 24.6. The number of benzene rings is 3. The van der Waals surface area contributed by atoms with Crippen molar-refractivity contribution >= 4 is 55.1 Å². The van der Waals surface area contributed by atoms with Crippen LogP contribution in [0.3, 0.4) is 0 Å². The molecule has 0 unspecified atom stereocenters. The molecule has 0 radical (unpaired) electrons. The monoisotopic (exact) mass is 619 g/mol. The Kier molecular flexibility index (Phi) is 10.4. The van der Waals surface area contributed by atoms with Crippen molar-refractivity contribution < 1.29 is 18.0 Å². The molecule has 3 rings (SSSR count). The van der Waals surface area contributed by atoms with Gasteiger partial charge in [0.25, 0.3) is 10.0 Å². The third-order valence-corrected chi connectivity index (χ3v) is 8.56. The molecule has 0 saturated carbocycles. The normalized spacial score (nSPS) is 12.2.